The Morgan fingerprint density at radius 2 is 1.35 bits per heavy atom. The quantitative estimate of drug-likeness (QED) is 0.443. The van der Waals surface area contributed by atoms with E-state index in [2.05, 4.69) is 5.32 Å². The summed E-state index contributed by atoms with van der Waals surface area (Å²) in [6.07, 6.45) is 0. The summed E-state index contributed by atoms with van der Waals surface area (Å²) >= 11 is 0. The van der Waals surface area contributed by atoms with E-state index in [1.165, 1.54) is 0 Å². The van der Waals surface area contributed by atoms with Crippen LogP contribution in [-0.2, 0) is 4.74 Å². The van der Waals surface area contributed by atoms with Crippen molar-refractivity contribution < 1.29 is 19.1 Å². The molecule has 5 heteroatoms. The normalized spacial score (nSPS) is 10.5. The van der Waals surface area contributed by atoms with Crippen LogP contribution < -0.4 is 5.32 Å². The van der Waals surface area contributed by atoms with Crippen LogP contribution in [-0.4, -0.2) is 24.3 Å². The molecule has 3 rings (SSSR count). The molecule has 0 aliphatic rings. The molecule has 0 saturated heterocycles. The number of carbonyl (C=O) groups is 3. The summed E-state index contributed by atoms with van der Waals surface area (Å²) in [7, 11) is 0. The second-order valence-corrected chi connectivity index (χ2v) is 7.53. The molecule has 0 bridgehead atoms. The minimum atomic E-state index is -0.589. The van der Waals surface area contributed by atoms with Crippen molar-refractivity contribution in [1.29, 1.82) is 0 Å². The number of Topliss-reactive ketones (excluding diaryl/α,β-unsaturated/α-hetero) is 1. The molecule has 3 aromatic carbocycles. The number of carbonyl (C=O) groups excluding carboxylic acids is 3. The Bertz CT molecular complexity index is 1110. The zero-order valence-corrected chi connectivity index (χ0v) is 18.1. The minimum absolute atomic E-state index is 0.220. The highest BCUT2D eigenvalue weighted by atomic mass is 16.5. The van der Waals surface area contributed by atoms with Crippen LogP contribution in [0.1, 0.15) is 53.3 Å². The van der Waals surface area contributed by atoms with Gasteiger partial charge in [0.2, 0.25) is 5.78 Å². The predicted molar refractivity (Wildman–Crippen MR) is 121 cm³/mol. The maximum atomic E-state index is 12.7. The van der Waals surface area contributed by atoms with Gasteiger partial charge in [-0.1, -0.05) is 24.3 Å². The Hall–Kier alpha value is -3.73. The first-order valence-corrected chi connectivity index (χ1v) is 10.0. The Kier molecular flexibility index (Phi) is 6.65. The van der Waals surface area contributed by atoms with Crippen molar-refractivity contribution in [3.05, 3.63) is 99.6 Å². The Balaban J connectivity index is 1.63. The number of hydrogen-bond acceptors (Lipinski definition) is 4. The van der Waals surface area contributed by atoms with E-state index in [0.717, 1.165) is 22.3 Å². The summed E-state index contributed by atoms with van der Waals surface area (Å²) in [5, 5.41) is 2.77. The molecule has 0 heterocycles. The smallest absolute Gasteiger partial charge is 0.338 e. The highest BCUT2D eigenvalue weighted by molar-refractivity contribution is 6.04. The third-order valence-electron chi connectivity index (χ3n) is 5.39. The van der Waals surface area contributed by atoms with Crippen LogP contribution in [0.5, 0.6) is 0 Å². The van der Waals surface area contributed by atoms with Gasteiger partial charge in [-0.25, -0.2) is 4.79 Å². The highest BCUT2D eigenvalue weighted by Crippen LogP contribution is 2.22. The zero-order chi connectivity index (χ0) is 22.5. The molecule has 0 atom stereocenters. The SMILES string of the molecule is Cc1cc(C)c(C)c(C(=O)COC(=O)c2ccc(NC(=O)c3ccccc3)cc2)c1C. The van der Waals surface area contributed by atoms with Gasteiger partial charge in [0.1, 0.15) is 0 Å². The average Bonchev–Trinajstić information content (AvgIpc) is 2.77. The fourth-order valence-corrected chi connectivity index (χ4v) is 3.40. The van der Waals surface area contributed by atoms with E-state index in [4.69, 9.17) is 4.74 Å². The van der Waals surface area contributed by atoms with Gasteiger partial charge in [0.25, 0.3) is 5.91 Å². The number of rotatable bonds is 6. The number of nitrogens with one attached hydrogen (secondary N) is 1. The van der Waals surface area contributed by atoms with Gasteiger partial charge in [0.15, 0.2) is 6.61 Å². The van der Waals surface area contributed by atoms with E-state index in [-0.39, 0.29) is 18.3 Å². The maximum absolute atomic E-state index is 12.7. The first-order chi connectivity index (χ1) is 14.8. The monoisotopic (exact) mass is 415 g/mol. The number of aryl methyl sites for hydroxylation is 2. The van der Waals surface area contributed by atoms with Crippen LogP contribution in [0.3, 0.4) is 0 Å². The Labute approximate surface area is 182 Å². The number of anilines is 1. The fourth-order valence-electron chi connectivity index (χ4n) is 3.40. The summed E-state index contributed by atoms with van der Waals surface area (Å²) in [6, 6.07) is 17.3. The molecule has 0 aromatic heterocycles. The first-order valence-electron chi connectivity index (χ1n) is 10.0. The lowest BCUT2D eigenvalue weighted by atomic mass is 9.92. The Morgan fingerprint density at radius 3 is 1.94 bits per heavy atom. The lowest BCUT2D eigenvalue weighted by Gasteiger charge is -2.14. The molecule has 0 aliphatic carbocycles. The third-order valence-corrected chi connectivity index (χ3v) is 5.39. The number of ketones is 1. The molecule has 0 radical (unpaired) electrons. The number of amides is 1. The van der Waals surface area contributed by atoms with Crippen LogP contribution in [0.15, 0.2) is 60.7 Å². The standard InChI is InChI=1S/C26H25NO4/c1-16-14-17(2)19(4)24(18(16)3)23(28)15-31-26(30)21-10-12-22(13-11-21)27-25(29)20-8-6-5-7-9-20/h5-14H,15H2,1-4H3,(H,27,29). The molecule has 0 saturated carbocycles. The molecule has 0 fully saturated rings. The van der Waals surface area contributed by atoms with Crippen LogP contribution >= 0.6 is 0 Å². The summed E-state index contributed by atoms with van der Waals surface area (Å²) < 4.78 is 5.25. The van der Waals surface area contributed by atoms with E-state index in [1.807, 2.05) is 39.8 Å². The molecule has 1 amide bonds. The van der Waals surface area contributed by atoms with Crippen molar-refractivity contribution in [3.8, 4) is 0 Å². The number of ether oxygens (including phenoxy) is 1. The van der Waals surface area contributed by atoms with E-state index in [1.54, 1.807) is 48.5 Å². The highest BCUT2D eigenvalue weighted by Gasteiger charge is 2.18. The van der Waals surface area contributed by atoms with E-state index >= 15 is 0 Å². The topological polar surface area (TPSA) is 72.5 Å². The van der Waals surface area contributed by atoms with Gasteiger partial charge in [-0.3, -0.25) is 9.59 Å². The van der Waals surface area contributed by atoms with Crippen molar-refractivity contribution in [1.82, 2.24) is 0 Å². The maximum Gasteiger partial charge on any atom is 0.338 e. The molecule has 31 heavy (non-hydrogen) atoms. The molecule has 5 nitrogen and oxygen atoms in total. The molecular formula is C26H25NO4. The molecule has 3 aromatic rings. The fraction of sp³-hybridized carbons (Fsp3) is 0.192. The van der Waals surface area contributed by atoms with Crippen LogP contribution in [0, 0.1) is 27.7 Å². The van der Waals surface area contributed by atoms with Gasteiger partial charge in [-0.05, 0) is 86.3 Å². The average molecular weight is 415 g/mol. The lowest BCUT2D eigenvalue weighted by Crippen LogP contribution is -2.17. The summed E-state index contributed by atoms with van der Waals surface area (Å²) in [6.45, 7) is 7.40. The van der Waals surface area contributed by atoms with Crippen LogP contribution in [0.25, 0.3) is 0 Å². The molecule has 158 valence electrons. The summed E-state index contributed by atoms with van der Waals surface area (Å²) in [5.74, 6) is -1.04. The van der Waals surface area contributed by atoms with Gasteiger partial charge in [0.05, 0.1) is 5.56 Å². The van der Waals surface area contributed by atoms with Gasteiger partial charge in [-0.15, -0.1) is 0 Å². The van der Waals surface area contributed by atoms with Gasteiger partial charge < -0.3 is 10.1 Å². The third kappa shape index (κ3) is 5.07. The largest absolute Gasteiger partial charge is 0.454 e. The lowest BCUT2D eigenvalue weighted by molar-refractivity contribution is 0.0474. The van der Waals surface area contributed by atoms with Gasteiger partial charge in [-0.2, -0.15) is 0 Å². The molecule has 0 spiro atoms. The number of benzene rings is 3. The number of esters is 1. The number of hydrogen-bond donors (Lipinski definition) is 1. The van der Waals surface area contributed by atoms with Crippen molar-refractivity contribution in [2.24, 2.45) is 0 Å². The molecule has 0 unspecified atom stereocenters. The molecular weight excluding hydrogens is 390 g/mol. The van der Waals surface area contributed by atoms with Crippen molar-refractivity contribution in [2.75, 3.05) is 11.9 Å². The van der Waals surface area contributed by atoms with Crippen LogP contribution in [0.2, 0.25) is 0 Å². The summed E-state index contributed by atoms with van der Waals surface area (Å²) in [5.41, 5.74) is 5.90. The van der Waals surface area contributed by atoms with E-state index < -0.39 is 5.97 Å². The van der Waals surface area contributed by atoms with Crippen molar-refractivity contribution in [2.45, 2.75) is 27.7 Å². The predicted octanol–water partition coefficient (Wildman–Crippen LogP) is 5.21. The minimum Gasteiger partial charge on any atom is -0.454 e. The molecule has 1 N–H and O–H groups in total. The first kappa shape index (κ1) is 22.0. The van der Waals surface area contributed by atoms with E-state index in [0.29, 0.717) is 22.4 Å². The van der Waals surface area contributed by atoms with Crippen LogP contribution in [0.4, 0.5) is 5.69 Å². The Morgan fingerprint density at radius 1 is 0.774 bits per heavy atom. The van der Waals surface area contributed by atoms with E-state index in [9.17, 15) is 14.4 Å². The van der Waals surface area contributed by atoms with Crippen molar-refractivity contribution in [3.63, 3.8) is 0 Å². The van der Waals surface area contributed by atoms with Gasteiger partial charge in [0, 0.05) is 16.8 Å². The molecule has 0 aliphatic heterocycles. The van der Waals surface area contributed by atoms with Crippen molar-refractivity contribution >= 4 is 23.3 Å². The second-order valence-electron chi connectivity index (χ2n) is 7.53. The summed E-state index contributed by atoms with van der Waals surface area (Å²) in [4.78, 5) is 37.3. The zero-order valence-electron chi connectivity index (χ0n) is 18.1. The second kappa shape index (κ2) is 9.39. The van der Waals surface area contributed by atoms with Gasteiger partial charge >= 0.3 is 5.97 Å².